The highest BCUT2D eigenvalue weighted by molar-refractivity contribution is 5.90. The molecule has 1 atom stereocenters. The fourth-order valence-electron chi connectivity index (χ4n) is 3.22. The van der Waals surface area contributed by atoms with Gasteiger partial charge in [-0.3, -0.25) is 4.90 Å². The van der Waals surface area contributed by atoms with E-state index in [2.05, 4.69) is 11.8 Å². The number of hydrogen-bond acceptors (Lipinski definition) is 6. The van der Waals surface area contributed by atoms with Crippen LogP contribution in [-0.2, 0) is 11.3 Å². The molecule has 1 aliphatic rings. The number of nitrogens with zero attached hydrogens (tertiary/aromatic N) is 2. The van der Waals surface area contributed by atoms with E-state index in [0.717, 1.165) is 19.0 Å². The molecule has 24 heavy (non-hydrogen) atoms. The summed E-state index contributed by atoms with van der Waals surface area (Å²) in [5.41, 5.74) is 0.462. The lowest BCUT2D eigenvalue weighted by Crippen LogP contribution is -2.42. The van der Waals surface area contributed by atoms with Gasteiger partial charge in [0.25, 0.3) is 0 Å². The smallest absolute Gasteiger partial charge is 0.341 e. The van der Waals surface area contributed by atoms with Gasteiger partial charge in [-0.05, 0) is 51.9 Å². The second-order valence-corrected chi connectivity index (χ2v) is 7.01. The number of carbonyl (C=O) groups is 1. The number of aliphatic hydroxyl groups is 1. The summed E-state index contributed by atoms with van der Waals surface area (Å²) in [6, 6.07) is 1.72. The largest absolute Gasteiger partial charge is 0.465 e. The Hall–Kier alpha value is -1.37. The predicted molar refractivity (Wildman–Crippen MR) is 92.0 cm³/mol. The van der Waals surface area contributed by atoms with Crippen molar-refractivity contribution in [3.05, 3.63) is 23.2 Å². The van der Waals surface area contributed by atoms with Gasteiger partial charge in [-0.25, -0.2) is 4.79 Å². The molecule has 136 valence electrons. The molecule has 0 saturated carbocycles. The van der Waals surface area contributed by atoms with Crippen LogP contribution in [0.15, 0.2) is 10.5 Å². The second kappa shape index (κ2) is 8.65. The van der Waals surface area contributed by atoms with Gasteiger partial charge in [0.05, 0.1) is 19.8 Å². The van der Waals surface area contributed by atoms with Crippen LogP contribution in [0.3, 0.4) is 0 Å². The average molecular weight is 338 g/mol. The second-order valence-electron chi connectivity index (χ2n) is 7.01. The average Bonchev–Trinajstić information content (AvgIpc) is 2.89. The van der Waals surface area contributed by atoms with Crippen molar-refractivity contribution in [2.24, 2.45) is 5.92 Å². The SMILES string of the molecule is COC(=O)c1cc(CN(C)CC(O)CN2CCC(C)CC2)oc1C. The zero-order valence-corrected chi connectivity index (χ0v) is 15.2. The summed E-state index contributed by atoms with van der Waals surface area (Å²) in [6.07, 6.45) is 2.04. The van der Waals surface area contributed by atoms with Crippen molar-refractivity contribution < 1.29 is 19.1 Å². The number of β-amino-alcohol motifs (C(OH)–C–C–N with tert-alkyl or cyclic N) is 1. The molecular formula is C18H30N2O4. The lowest BCUT2D eigenvalue weighted by Gasteiger charge is -2.32. The normalized spacial score (nSPS) is 18.1. The van der Waals surface area contributed by atoms with Crippen molar-refractivity contribution in [3.63, 3.8) is 0 Å². The van der Waals surface area contributed by atoms with Crippen LogP contribution in [0.25, 0.3) is 0 Å². The number of esters is 1. The monoisotopic (exact) mass is 338 g/mol. The van der Waals surface area contributed by atoms with Crippen LogP contribution in [0, 0.1) is 12.8 Å². The van der Waals surface area contributed by atoms with E-state index in [9.17, 15) is 9.90 Å². The summed E-state index contributed by atoms with van der Waals surface area (Å²) in [5, 5.41) is 10.3. The molecule has 0 aliphatic carbocycles. The van der Waals surface area contributed by atoms with Crippen LogP contribution in [0.1, 0.15) is 41.6 Å². The first-order valence-electron chi connectivity index (χ1n) is 8.65. The lowest BCUT2D eigenvalue weighted by atomic mass is 9.99. The molecule has 6 heteroatoms. The van der Waals surface area contributed by atoms with Gasteiger partial charge in [0, 0.05) is 13.1 Å². The number of methoxy groups -OCH3 is 1. The Morgan fingerprint density at radius 3 is 2.79 bits per heavy atom. The predicted octanol–water partition coefficient (Wildman–Crippen LogP) is 1.90. The van der Waals surface area contributed by atoms with Crippen LogP contribution < -0.4 is 0 Å². The molecule has 2 heterocycles. The molecule has 0 spiro atoms. The molecule has 0 radical (unpaired) electrons. The van der Waals surface area contributed by atoms with E-state index < -0.39 is 0 Å². The fraction of sp³-hybridized carbons (Fsp3) is 0.722. The molecule has 1 aromatic heterocycles. The van der Waals surface area contributed by atoms with Gasteiger partial charge < -0.3 is 19.2 Å². The van der Waals surface area contributed by atoms with E-state index in [0.29, 0.717) is 36.7 Å². The zero-order valence-electron chi connectivity index (χ0n) is 15.2. The van der Waals surface area contributed by atoms with Gasteiger partial charge in [0.15, 0.2) is 0 Å². The van der Waals surface area contributed by atoms with Crippen LogP contribution >= 0.6 is 0 Å². The van der Waals surface area contributed by atoms with Gasteiger partial charge in [0.1, 0.15) is 17.1 Å². The van der Waals surface area contributed by atoms with Crippen molar-refractivity contribution in [1.82, 2.24) is 9.80 Å². The molecule has 0 aromatic carbocycles. The Kier molecular flexibility index (Phi) is 6.83. The number of aryl methyl sites for hydroxylation is 1. The molecule has 1 fully saturated rings. The number of furan rings is 1. The third-order valence-electron chi connectivity index (χ3n) is 4.67. The number of likely N-dealkylation sites (N-methyl/N-ethyl adjacent to an activating group) is 1. The maximum absolute atomic E-state index is 11.6. The lowest BCUT2D eigenvalue weighted by molar-refractivity contribution is 0.0598. The standard InChI is InChI=1S/C18H30N2O4/c1-13-5-7-20(8-6-13)11-15(21)10-19(3)12-16-9-17(14(2)24-16)18(22)23-4/h9,13,15,21H,5-8,10-12H2,1-4H3. The third kappa shape index (κ3) is 5.33. The van der Waals surface area contributed by atoms with Crippen molar-refractivity contribution >= 4 is 5.97 Å². The van der Waals surface area contributed by atoms with Gasteiger partial charge in [-0.1, -0.05) is 6.92 Å². The van der Waals surface area contributed by atoms with Crippen LogP contribution in [0.5, 0.6) is 0 Å². The Morgan fingerprint density at radius 2 is 2.17 bits per heavy atom. The summed E-state index contributed by atoms with van der Waals surface area (Å²) in [6.45, 7) is 8.01. The minimum absolute atomic E-state index is 0.385. The van der Waals surface area contributed by atoms with Gasteiger partial charge in [-0.2, -0.15) is 0 Å². The van der Waals surface area contributed by atoms with Crippen molar-refractivity contribution in [2.45, 2.75) is 39.3 Å². The summed E-state index contributed by atoms with van der Waals surface area (Å²) in [4.78, 5) is 16.0. The van der Waals surface area contributed by atoms with Crippen molar-refractivity contribution in [3.8, 4) is 0 Å². The summed E-state index contributed by atoms with van der Waals surface area (Å²) < 4.78 is 10.4. The minimum atomic E-state index is -0.389. The Labute approximate surface area is 144 Å². The van der Waals surface area contributed by atoms with Gasteiger partial charge in [-0.15, -0.1) is 0 Å². The molecule has 1 aromatic rings. The molecule has 1 aliphatic heterocycles. The Bertz CT molecular complexity index is 535. The van der Waals surface area contributed by atoms with Crippen LogP contribution in [-0.4, -0.2) is 67.3 Å². The molecule has 0 bridgehead atoms. The highest BCUT2D eigenvalue weighted by Gasteiger charge is 2.20. The van der Waals surface area contributed by atoms with Gasteiger partial charge >= 0.3 is 5.97 Å². The van der Waals surface area contributed by atoms with E-state index in [-0.39, 0.29) is 12.1 Å². The zero-order chi connectivity index (χ0) is 17.7. The maximum Gasteiger partial charge on any atom is 0.341 e. The highest BCUT2D eigenvalue weighted by Crippen LogP contribution is 2.18. The molecule has 2 rings (SSSR count). The van der Waals surface area contributed by atoms with E-state index in [4.69, 9.17) is 9.15 Å². The minimum Gasteiger partial charge on any atom is -0.465 e. The maximum atomic E-state index is 11.6. The van der Waals surface area contributed by atoms with Crippen LogP contribution in [0.2, 0.25) is 0 Å². The number of hydrogen-bond donors (Lipinski definition) is 1. The van der Waals surface area contributed by atoms with E-state index in [1.807, 2.05) is 11.9 Å². The van der Waals surface area contributed by atoms with E-state index in [1.54, 1.807) is 13.0 Å². The molecule has 1 N–H and O–H groups in total. The first kappa shape index (κ1) is 19.0. The molecule has 0 amide bonds. The van der Waals surface area contributed by atoms with Crippen molar-refractivity contribution in [1.29, 1.82) is 0 Å². The topological polar surface area (TPSA) is 66.2 Å². The number of likely N-dealkylation sites (tertiary alicyclic amines) is 1. The number of rotatable bonds is 7. The number of ether oxygens (including phenoxy) is 1. The van der Waals surface area contributed by atoms with E-state index in [1.165, 1.54) is 20.0 Å². The molecule has 6 nitrogen and oxygen atoms in total. The van der Waals surface area contributed by atoms with Crippen LogP contribution in [0.4, 0.5) is 0 Å². The van der Waals surface area contributed by atoms with Crippen molar-refractivity contribution in [2.75, 3.05) is 40.3 Å². The summed E-state index contributed by atoms with van der Waals surface area (Å²) >= 11 is 0. The summed E-state index contributed by atoms with van der Waals surface area (Å²) in [7, 11) is 3.30. The highest BCUT2D eigenvalue weighted by atomic mass is 16.5. The fourth-order valence-corrected chi connectivity index (χ4v) is 3.22. The van der Waals surface area contributed by atoms with Gasteiger partial charge in [0.2, 0.25) is 0 Å². The number of piperidine rings is 1. The number of aliphatic hydroxyl groups excluding tert-OH is 1. The molecule has 1 saturated heterocycles. The summed E-state index contributed by atoms with van der Waals surface area (Å²) in [5.74, 6) is 1.68. The first-order chi connectivity index (χ1) is 11.4. The molecule has 1 unspecified atom stereocenters. The molecular weight excluding hydrogens is 308 g/mol. The van der Waals surface area contributed by atoms with E-state index >= 15 is 0 Å². The third-order valence-corrected chi connectivity index (χ3v) is 4.67. The Balaban J connectivity index is 1.80. The quantitative estimate of drug-likeness (QED) is 0.766. The number of carbonyl (C=O) groups excluding carboxylic acids is 1. The Morgan fingerprint density at radius 1 is 1.50 bits per heavy atom. The first-order valence-corrected chi connectivity index (χ1v) is 8.65.